The molecule has 0 bridgehead atoms. The quantitative estimate of drug-likeness (QED) is 0.733. The van der Waals surface area contributed by atoms with Gasteiger partial charge in [0.1, 0.15) is 5.75 Å². The van der Waals surface area contributed by atoms with Crippen molar-refractivity contribution in [3.05, 3.63) is 58.1 Å². The van der Waals surface area contributed by atoms with Crippen LogP contribution in [0.5, 0.6) is 5.75 Å². The maximum Gasteiger partial charge on any atom is 0.138 e. The number of benzene rings is 2. The van der Waals surface area contributed by atoms with Crippen molar-refractivity contribution in [2.75, 3.05) is 5.32 Å². The molecule has 0 saturated heterocycles. The van der Waals surface area contributed by atoms with E-state index in [9.17, 15) is 0 Å². The van der Waals surface area contributed by atoms with Gasteiger partial charge in [-0.25, -0.2) is 0 Å². The molecule has 2 aromatic rings. The van der Waals surface area contributed by atoms with E-state index in [1.165, 1.54) is 0 Å². The predicted octanol–water partition coefficient (Wildman–Crippen LogP) is 5.95. The van der Waals surface area contributed by atoms with Crippen LogP contribution in [0, 0.1) is 0 Å². The van der Waals surface area contributed by atoms with Gasteiger partial charge in [-0.2, -0.15) is 0 Å². The van der Waals surface area contributed by atoms with Crippen LogP contribution in [0.15, 0.2) is 42.5 Å². The SMILES string of the molecule is CC(C)Oc1ccc(NC(C)c2ccc(Cl)cc2)cc1Cl. The highest BCUT2D eigenvalue weighted by atomic mass is 35.5. The van der Waals surface area contributed by atoms with Crippen LogP contribution in [0.25, 0.3) is 0 Å². The van der Waals surface area contributed by atoms with Crippen LogP contribution in [-0.2, 0) is 0 Å². The van der Waals surface area contributed by atoms with Gasteiger partial charge in [-0.05, 0) is 56.7 Å². The van der Waals surface area contributed by atoms with E-state index in [-0.39, 0.29) is 12.1 Å². The van der Waals surface area contributed by atoms with E-state index in [0.29, 0.717) is 10.8 Å². The van der Waals surface area contributed by atoms with Crippen molar-refractivity contribution in [1.82, 2.24) is 0 Å². The number of rotatable bonds is 5. The number of nitrogens with one attached hydrogen (secondary N) is 1. The van der Waals surface area contributed by atoms with E-state index in [0.717, 1.165) is 16.3 Å². The lowest BCUT2D eigenvalue weighted by Crippen LogP contribution is -2.08. The molecule has 0 fully saturated rings. The van der Waals surface area contributed by atoms with Gasteiger partial charge >= 0.3 is 0 Å². The number of ether oxygens (including phenoxy) is 1. The molecule has 0 saturated carbocycles. The highest BCUT2D eigenvalue weighted by molar-refractivity contribution is 6.32. The smallest absolute Gasteiger partial charge is 0.138 e. The second kappa shape index (κ2) is 7.06. The summed E-state index contributed by atoms with van der Waals surface area (Å²) in [5, 5.41) is 4.76. The molecule has 0 spiro atoms. The van der Waals surface area contributed by atoms with E-state index in [2.05, 4.69) is 12.2 Å². The van der Waals surface area contributed by atoms with Crippen LogP contribution in [0.2, 0.25) is 10.0 Å². The van der Waals surface area contributed by atoms with E-state index in [4.69, 9.17) is 27.9 Å². The summed E-state index contributed by atoms with van der Waals surface area (Å²) in [5.74, 6) is 0.705. The zero-order valence-electron chi connectivity index (χ0n) is 12.4. The number of hydrogen-bond acceptors (Lipinski definition) is 2. The van der Waals surface area contributed by atoms with Crippen LogP contribution in [0.1, 0.15) is 32.4 Å². The molecule has 112 valence electrons. The molecule has 0 amide bonds. The Bertz CT molecular complexity index is 596. The van der Waals surface area contributed by atoms with Crippen LogP contribution in [0.3, 0.4) is 0 Å². The van der Waals surface area contributed by atoms with Gasteiger partial charge in [-0.3, -0.25) is 0 Å². The Hall–Kier alpha value is -1.38. The number of halogens is 2. The largest absolute Gasteiger partial charge is 0.489 e. The first-order chi connectivity index (χ1) is 9.95. The summed E-state index contributed by atoms with van der Waals surface area (Å²) >= 11 is 12.1. The summed E-state index contributed by atoms with van der Waals surface area (Å²) in [7, 11) is 0. The fourth-order valence-electron chi connectivity index (χ4n) is 2.02. The zero-order valence-corrected chi connectivity index (χ0v) is 13.9. The molecular weight excluding hydrogens is 305 g/mol. The Morgan fingerprint density at radius 2 is 1.62 bits per heavy atom. The molecule has 0 aliphatic carbocycles. The fourth-order valence-corrected chi connectivity index (χ4v) is 2.38. The Kier molecular flexibility index (Phi) is 5.38. The lowest BCUT2D eigenvalue weighted by Gasteiger charge is -2.17. The third-order valence-corrected chi connectivity index (χ3v) is 3.60. The monoisotopic (exact) mass is 323 g/mol. The third kappa shape index (κ3) is 4.55. The fraction of sp³-hybridized carbons (Fsp3) is 0.294. The molecule has 1 atom stereocenters. The minimum absolute atomic E-state index is 0.106. The Balaban J connectivity index is 2.09. The minimum Gasteiger partial charge on any atom is -0.489 e. The van der Waals surface area contributed by atoms with Crippen molar-refractivity contribution in [3.8, 4) is 5.75 Å². The first-order valence-corrected chi connectivity index (χ1v) is 7.69. The van der Waals surface area contributed by atoms with Gasteiger partial charge < -0.3 is 10.1 Å². The van der Waals surface area contributed by atoms with Crippen LogP contribution < -0.4 is 10.1 Å². The molecule has 0 aliphatic heterocycles. The molecular formula is C17H19Cl2NO. The second-order valence-electron chi connectivity index (χ2n) is 5.23. The van der Waals surface area contributed by atoms with E-state index in [1.54, 1.807) is 0 Å². The Labute approximate surface area is 136 Å². The number of hydrogen-bond donors (Lipinski definition) is 1. The van der Waals surface area contributed by atoms with Gasteiger partial charge in [-0.15, -0.1) is 0 Å². The number of anilines is 1. The standard InChI is InChI=1S/C17H19Cl2NO/c1-11(2)21-17-9-8-15(10-16(17)19)20-12(3)13-4-6-14(18)7-5-13/h4-12,20H,1-3H3. The van der Waals surface area contributed by atoms with Crippen LogP contribution in [0.4, 0.5) is 5.69 Å². The van der Waals surface area contributed by atoms with Crippen molar-refractivity contribution in [2.24, 2.45) is 0 Å². The highest BCUT2D eigenvalue weighted by Crippen LogP contribution is 2.30. The summed E-state index contributed by atoms with van der Waals surface area (Å²) in [5.41, 5.74) is 2.12. The first kappa shape index (κ1) is 16.0. The molecule has 1 N–H and O–H groups in total. The molecule has 0 aliphatic rings. The third-order valence-electron chi connectivity index (χ3n) is 3.05. The molecule has 2 nitrogen and oxygen atoms in total. The maximum atomic E-state index is 6.24. The van der Waals surface area contributed by atoms with Gasteiger partial charge in [0.25, 0.3) is 0 Å². The van der Waals surface area contributed by atoms with Gasteiger partial charge in [0.05, 0.1) is 11.1 Å². The topological polar surface area (TPSA) is 21.3 Å². The molecule has 1 unspecified atom stereocenters. The minimum atomic E-state index is 0.106. The summed E-state index contributed by atoms with van der Waals surface area (Å²) < 4.78 is 5.63. The molecule has 2 rings (SSSR count). The van der Waals surface area contributed by atoms with Gasteiger partial charge in [-0.1, -0.05) is 35.3 Å². The normalized spacial score (nSPS) is 12.3. The molecule has 4 heteroatoms. The predicted molar refractivity (Wildman–Crippen MR) is 90.7 cm³/mol. The average molecular weight is 324 g/mol. The maximum absolute atomic E-state index is 6.24. The molecule has 0 heterocycles. The second-order valence-corrected chi connectivity index (χ2v) is 6.07. The lowest BCUT2D eigenvalue weighted by molar-refractivity contribution is 0.242. The van der Waals surface area contributed by atoms with Gasteiger partial charge in [0, 0.05) is 16.8 Å². The van der Waals surface area contributed by atoms with E-state index < -0.39 is 0 Å². The van der Waals surface area contributed by atoms with Crippen LogP contribution >= 0.6 is 23.2 Å². The van der Waals surface area contributed by atoms with Crippen LogP contribution in [-0.4, -0.2) is 6.10 Å². The zero-order chi connectivity index (χ0) is 15.4. The van der Waals surface area contributed by atoms with Crippen molar-refractivity contribution < 1.29 is 4.74 Å². The summed E-state index contributed by atoms with van der Waals surface area (Å²) in [4.78, 5) is 0. The van der Waals surface area contributed by atoms with Gasteiger partial charge in [0.15, 0.2) is 0 Å². The lowest BCUT2D eigenvalue weighted by atomic mass is 10.1. The molecule has 0 aromatic heterocycles. The van der Waals surface area contributed by atoms with E-state index in [1.807, 2.05) is 56.3 Å². The average Bonchev–Trinajstić information content (AvgIpc) is 2.42. The molecule has 21 heavy (non-hydrogen) atoms. The first-order valence-electron chi connectivity index (χ1n) is 6.94. The highest BCUT2D eigenvalue weighted by Gasteiger charge is 2.08. The van der Waals surface area contributed by atoms with Crippen molar-refractivity contribution >= 4 is 28.9 Å². The Morgan fingerprint density at radius 3 is 2.19 bits per heavy atom. The van der Waals surface area contributed by atoms with Gasteiger partial charge in [0.2, 0.25) is 0 Å². The van der Waals surface area contributed by atoms with Crippen molar-refractivity contribution in [3.63, 3.8) is 0 Å². The Morgan fingerprint density at radius 1 is 0.952 bits per heavy atom. The van der Waals surface area contributed by atoms with Crippen molar-refractivity contribution in [1.29, 1.82) is 0 Å². The summed E-state index contributed by atoms with van der Waals surface area (Å²) in [6.07, 6.45) is 0.106. The summed E-state index contributed by atoms with van der Waals surface area (Å²) in [6, 6.07) is 13.7. The molecule has 2 aromatic carbocycles. The summed E-state index contributed by atoms with van der Waals surface area (Å²) in [6.45, 7) is 6.05. The van der Waals surface area contributed by atoms with Crippen molar-refractivity contribution in [2.45, 2.75) is 32.9 Å². The molecule has 0 radical (unpaired) electrons. The van der Waals surface area contributed by atoms with E-state index >= 15 is 0 Å².